The van der Waals surface area contributed by atoms with E-state index in [-0.39, 0.29) is 5.75 Å². The summed E-state index contributed by atoms with van der Waals surface area (Å²) in [7, 11) is 1.51. The molecule has 1 heterocycles. The normalized spacial score (nSPS) is 18.7. The van der Waals surface area contributed by atoms with Crippen LogP contribution in [-0.2, 0) is 17.6 Å². The van der Waals surface area contributed by atoms with Gasteiger partial charge < -0.3 is 9.47 Å². The first-order chi connectivity index (χ1) is 10.6. The first-order valence-corrected chi connectivity index (χ1v) is 8.26. The molecule has 0 radical (unpaired) electrons. The van der Waals surface area contributed by atoms with Crippen molar-refractivity contribution in [3.8, 4) is 5.75 Å². The lowest BCUT2D eigenvalue weighted by Gasteiger charge is -2.26. The van der Waals surface area contributed by atoms with Gasteiger partial charge in [-0.1, -0.05) is 33.1 Å². The maximum Gasteiger partial charge on any atom is 0.201 e. The molecule has 0 bridgehead atoms. The lowest BCUT2D eigenvalue weighted by molar-refractivity contribution is -0.0678. The molecule has 124 valence electrons. The molecule has 0 aliphatic carbocycles. The number of fused-ring (bicyclic) bond motifs is 1. The molecule has 0 spiro atoms. The van der Waals surface area contributed by atoms with Crippen molar-refractivity contribution in [2.24, 2.45) is 5.92 Å². The van der Waals surface area contributed by atoms with Crippen LogP contribution in [0.3, 0.4) is 0 Å². The fourth-order valence-electron chi connectivity index (χ4n) is 3.12. The summed E-state index contributed by atoms with van der Waals surface area (Å²) in [5.41, 5.74) is 1.23. The van der Waals surface area contributed by atoms with Crippen LogP contribution in [0, 0.1) is 17.6 Å². The molecule has 0 aromatic heterocycles. The zero-order valence-electron chi connectivity index (χ0n) is 13.8. The summed E-state index contributed by atoms with van der Waals surface area (Å²) >= 11 is 0. The first-order valence-electron chi connectivity index (χ1n) is 8.26. The van der Waals surface area contributed by atoms with Gasteiger partial charge in [0.05, 0.1) is 0 Å². The third-order valence-electron chi connectivity index (χ3n) is 4.40. The van der Waals surface area contributed by atoms with Crippen molar-refractivity contribution in [1.82, 2.24) is 0 Å². The highest BCUT2D eigenvalue weighted by Crippen LogP contribution is 2.34. The van der Waals surface area contributed by atoms with Crippen LogP contribution in [0.5, 0.6) is 5.75 Å². The number of benzene rings is 1. The highest BCUT2D eigenvalue weighted by atomic mass is 19.2. The number of aryl methyl sites for hydroxylation is 2. The van der Waals surface area contributed by atoms with Gasteiger partial charge in [-0.15, -0.1) is 0 Å². The Bertz CT molecular complexity index is 502. The average Bonchev–Trinajstić information content (AvgIpc) is 2.52. The van der Waals surface area contributed by atoms with E-state index >= 15 is 0 Å². The zero-order chi connectivity index (χ0) is 16.1. The van der Waals surface area contributed by atoms with E-state index in [4.69, 9.17) is 9.47 Å². The van der Waals surface area contributed by atoms with E-state index in [1.165, 1.54) is 20.0 Å². The Kier molecular flexibility index (Phi) is 6.18. The maximum atomic E-state index is 14.2. The topological polar surface area (TPSA) is 18.5 Å². The average molecular weight is 312 g/mol. The molecule has 0 amide bonds. The van der Waals surface area contributed by atoms with Gasteiger partial charge in [-0.25, -0.2) is 4.39 Å². The molecule has 22 heavy (non-hydrogen) atoms. The summed E-state index contributed by atoms with van der Waals surface area (Å²) in [6.45, 7) is 4.38. The minimum atomic E-state index is -0.865. The van der Waals surface area contributed by atoms with E-state index in [0.717, 1.165) is 18.4 Å². The van der Waals surface area contributed by atoms with E-state index in [1.807, 2.05) is 0 Å². The lowest BCUT2D eigenvalue weighted by Crippen LogP contribution is -2.25. The highest BCUT2D eigenvalue weighted by molar-refractivity contribution is 5.41. The van der Waals surface area contributed by atoms with Gasteiger partial charge in [-0.05, 0) is 42.4 Å². The van der Waals surface area contributed by atoms with E-state index in [1.54, 1.807) is 6.07 Å². The predicted molar refractivity (Wildman–Crippen MR) is 83.1 cm³/mol. The first kappa shape index (κ1) is 17.2. The summed E-state index contributed by atoms with van der Waals surface area (Å²) < 4.78 is 38.9. The molecule has 2 atom stereocenters. The zero-order valence-corrected chi connectivity index (χ0v) is 13.8. The summed E-state index contributed by atoms with van der Waals surface area (Å²) in [5.74, 6) is -0.963. The number of rotatable bonds is 7. The Balaban J connectivity index is 2.06. The van der Waals surface area contributed by atoms with Crippen molar-refractivity contribution in [2.45, 2.75) is 65.1 Å². The quantitative estimate of drug-likeness (QED) is 0.703. The highest BCUT2D eigenvalue weighted by Gasteiger charge is 2.26. The molecular weight excluding hydrogens is 286 g/mol. The van der Waals surface area contributed by atoms with Crippen LogP contribution in [0.4, 0.5) is 8.78 Å². The largest absolute Gasteiger partial charge is 0.461 e. The summed E-state index contributed by atoms with van der Waals surface area (Å²) in [5, 5.41) is 0. The number of halogens is 2. The SMILES string of the molecule is CCCC(C)CCCc1cc2c(c(F)c1F)OC(OC)CC2. The molecule has 1 aromatic rings. The Labute approximate surface area is 131 Å². The smallest absolute Gasteiger partial charge is 0.201 e. The van der Waals surface area contributed by atoms with E-state index in [0.29, 0.717) is 30.7 Å². The van der Waals surface area contributed by atoms with Gasteiger partial charge in [-0.3, -0.25) is 0 Å². The summed E-state index contributed by atoms with van der Waals surface area (Å²) in [6, 6.07) is 1.77. The number of methoxy groups -OCH3 is 1. The molecule has 0 saturated carbocycles. The van der Waals surface area contributed by atoms with Crippen molar-refractivity contribution in [1.29, 1.82) is 0 Å². The number of hydrogen-bond donors (Lipinski definition) is 0. The molecule has 1 aliphatic rings. The molecular formula is C18H26F2O2. The third-order valence-corrected chi connectivity index (χ3v) is 4.40. The van der Waals surface area contributed by atoms with Crippen LogP contribution in [0.25, 0.3) is 0 Å². The number of ether oxygens (including phenoxy) is 2. The standard InChI is InChI=1S/C18H26F2O2/c1-4-6-12(2)7-5-8-13-11-14-9-10-15(21-3)22-18(14)17(20)16(13)19/h11-12,15H,4-10H2,1-3H3. The van der Waals surface area contributed by atoms with Crippen LogP contribution in [0.15, 0.2) is 6.07 Å². The third kappa shape index (κ3) is 3.97. The minimum absolute atomic E-state index is 0.0266. The molecule has 2 unspecified atom stereocenters. The lowest BCUT2D eigenvalue weighted by atomic mass is 9.95. The molecule has 0 saturated heterocycles. The Morgan fingerprint density at radius 2 is 2.09 bits per heavy atom. The fourth-order valence-corrected chi connectivity index (χ4v) is 3.12. The second-order valence-corrected chi connectivity index (χ2v) is 6.26. The van der Waals surface area contributed by atoms with E-state index < -0.39 is 17.9 Å². The van der Waals surface area contributed by atoms with Gasteiger partial charge >= 0.3 is 0 Å². The minimum Gasteiger partial charge on any atom is -0.461 e. The Hall–Kier alpha value is -1.16. The van der Waals surface area contributed by atoms with Crippen LogP contribution in [-0.4, -0.2) is 13.4 Å². The van der Waals surface area contributed by atoms with E-state index in [2.05, 4.69) is 13.8 Å². The second-order valence-electron chi connectivity index (χ2n) is 6.26. The Morgan fingerprint density at radius 1 is 1.32 bits per heavy atom. The molecule has 1 aromatic carbocycles. The van der Waals surface area contributed by atoms with Crippen molar-refractivity contribution in [3.63, 3.8) is 0 Å². The monoisotopic (exact) mass is 312 g/mol. The van der Waals surface area contributed by atoms with Gasteiger partial charge in [-0.2, -0.15) is 4.39 Å². The van der Waals surface area contributed by atoms with Crippen molar-refractivity contribution >= 4 is 0 Å². The maximum absolute atomic E-state index is 14.2. The van der Waals surface area contributed by atoms with Crippen molar-refractivity contribution in [3.05, 3.63) is 28.8 Å². The molecule has 2 nitrogen and oxygen atoms in total. The molecule has 4 heteroatoms. The molecule has 0 N–H and O–H groups in total. The van der Waals surface area contributed by atoms with E-state index in [9.17, 15) is 8.78 Å². The van der Waals surface area contributed by atoms with Gasteiger partial charge in [0.15, 0.2) is 17.9 Å². The fraction of sp³-hybridized carbons (Fsp3) is 0.667. The van der Waals surface area contributed by atoms with Crippen LogP contribution >= 0.6 is 0 Å². The molecule has 0 fully saturated rings. The van der Waals surface area contributed by atoms with Gasteiger partial charge in [0.2, 0.25) is 5.82 Å². The van der Waals surface area contributed by atoms with Crippen molar-refractivity contribution < 1.29 is 18.3 Å². The van der Waals surface area contributed by atoms with Gasteiger partial charge in [0, 0.05) is 13.5 Å². The molecule has 1 aliphatic heterocycles. The van der Waals surface area contributed by atoms with Gasteiger partial charge in [0.1, 0.15) is 0 Å². The van der Waals surface area contributed by atoms with Gasteiger partial charge in [0.25, 0.3) is 0 Å². The van der Waals surface area contributed by atoms with Crippen LogP contribution in [0.1, 0.15) is 57.1 Å². The second kappa shape index (κ2) is 7.91. The number of hydrogen-bond acceptors (Lipinski definition) is 2. The van der Waals surface area contributed by atoms with Crippen LogP contribution < -0.4 is 4.74 Å². The summed E-state index contributed by atoms with van der Waals surface area (Å²) in [4.78, 5) is 0. The van der Waals surface area contributed by atoms with Crippen LogP contribution in [0.2, 0.25) is 0 Å². The predicted octanol–water partition coefficient (Wildman–Crippen LogP) is 5.02. The Morgan fingerprint density at radius 3 is 2.77 bits per heavy atom. The van der Waals surface area contributed by atoms with Crippen molar-refractivity contribution in [2.75, 3.05) is 7.11 Å². The summed E-state index contributed by atoms with van der Waals surface area (Å²) in [6.07, 6.45) is 5.71. The molecule has 2 rings (SSSR count).